The molecule has 0 fully saturated rings. The van der Waals surface area contributed by atoms with Crippen molar-refractivity contribution in [3.8, 4) is 0 Å². The quantitative estimate of drug-likeness (QED) is 0.539. The van der Waals surface area contributed by atoms with Crippen LogP contribution in [0.1, 0.15) is 31.1 Å². The van der Waals surface area contributed by atoms with Gasteiger partial charge in [-0.2, -0.15) is 0 Å². The van der Waals surface area contributed by atoms with Crippen LogP contribution in [0.5, 0.6) is 0 Å². The highest BCUT2D eigenvalue weighted by Gasteiger charge is 2.15. The third kappa shape index (κ3) is 5.43. The molecular formula is C15H23NO3S. The Morgan fingerprint density at radius 3 is 2.80 bits per heavy atom. The van der Waals surface area contributed by atoms with Crippen LogP contribution >= 0.6 is 11.8 Å². The van der Waals surface area contributed by atoms with Gasteiger partial charge in [-0.3, -0.25) is 0 Å². The molecule has 0 aliphatic rings. The molecule has 4 nitrogen and oxygen atoms in total. The number of carboxylic acids is 1. The number of anilines is 1. The molecule has 0 atom stereocenters. The van der Waals surface area contributed by atoms with Crippen molar-refractivity contribution in [2.24, 2.45) is 5.92 Å². The third-order valence-corrected chi connectivity index (χ3v) is 3.49. The average molecular weight is 297 g/mol. The number of hydrogen-bond acceptors (Lipinski definition) is 4. The lowest BCUT2D eigenvalue weighted by Crippen LogP contribution is -2.14. The molecule has 0 spiro atoms. The molecule has 0 radical (unpaired) electrons. The van der Waals surface area contributed by atoms with Crippen molar-refractivity contribution in [1.29, 1.82) is 0 Å². The molecule has 0 bridgehead atoms. The zero-order valence-corrected chi connectivity index (χ0v) is 13.1. The molecule has 0 saturated heterocycles. The van der Waals surface area contributed by atoms with Crippen LogP contribution in [0.3, 0.4) is 0 Å². The smallest absolute Gasteiger partial charge is 0.338 e. The van der Waals surface area contributed by atoms with Crippen LogP contribution in [0.4, 0.5) is 5.69 Å². The van der Waals surface area contributed by atoms with Gasteiger partial charge in [0.2, 0.25) is 0 Å². The second-order valence-corrected chi connectivity index (χ2v) is 6.12. The van der Waals surface area contributed by atoms with Crippen LogP contribution in [0, 0.1) is 5.92 Å². The summed E-state index contributed by atoms with van der Waals surface area (Å²) in [5.41, 5.74) is 1.01. The fourth-order valence-corrected chi connectivity index (χ4v) is 2.58. The van der Waals surface area contributed by atoms with Gasteiger partial charge in [0.25, 0.3) is 0 Å². The van der Waals surface area contributed by atoms with Crippen molar-refractivity contribution in [3.05, 3.63) is 23.8 Å². The number of thioether (sulfide) groups is 1. The minimum Gasteiger partial charge on any atom is -0.478 e. The third-order valence-electron chi connectivity index (χ3n) is 2.55. The monoisotopic (exact) mass is 297 g/mol. The maximum absolute atomic E-state index is 11.4. The van der Waals surface area contributed by atoms with E-state index in [4.69, 9.17) is 4.74 Å². The SMILES string of the molecule is CCSc1cccc(NCCOCC(C)C)c1C(=O)O. The fourth-order valence-electron chi connectivity index (χ4n) is 1.75. The molecule has 2 N–H and O–H groups in total. The van der Waals surface area contributed by atoms with Crippen molar-refractivity contribution in [3.63, 3.8) is 0 Å². The number of ether oxygens (including phenoxy) is 1. The van der Waals surface area contributed by atoms with E-state index in [2.05, 4.69) is 19.2 Å². The Bertz CT molecular complexity index is 435. The summed E-state index contributed by atoms with van der Waals surface area (Å²) in [4.78, 5) is 12.2. The summed E-state index contributed by atoms with van der Waals surface area (Å²) >= 11 is 1.54. The second kappa shape index (κ2) is 8.87. The number of carboxylic acid groups (broad SMARTS) is 1. The minimum atomic E-state index is -0.896. The van der Waals surface area contributed by atoms with E-state index in [0.29, 0.717) is 30.3 Å². The van der Waals surface area contributed by atoms with Gasteiger partial charge < -0.3 is 15.2 Å². The predicted octanol–water partition coefficient (Wildman–Crippen LogP) is 3.58. The second-order valence-electron chi connectivity index (χ2n) is 4.81. The first-order valence-electron chi connectivity index (χ1n) is 6.87. The highest BCUT2D eigenvalue weighted by Crippen LogP contribution is 2.28. The van der Waals surface area contributed by atoms with Crippen molar-refractivity contribution in [2.75, 3.05) is 30.8 Å². The maximum atomic E-state index is 11.4. The highest BCUT2D eigenvalue weighted by atomic mass is 32.2. The van der Waals surface area contributed by atoms with E-state index in [9.17, 15) is 9.90 Å². The van der Waals surface area contributed by atoms with Crippen LogP contribution in [-0.2, 0) is 4.74 Å². The first kappa shape index (κ1) is 16.9. The Kier molecular flexibility index (Phi) is 7.47. The fraction of sp³-hybridized carbons (Fsp3) is 0.533. The summed E-state index contributed by atoms with van der Waals surface area (Å²) in [6, 6.07) is 5.52. The Morgan fingerprint density at radius 1 is 1.45 bits per heavy atom. The van der Waals surface area contributed by atoms with Crippen LogP contribution in [0.15, 0.2) is 23.1 Å². The molecule has 1 aromatic rings. The van der Waals surface area contributed by atoms with Crippen molar-refractivity contribution in [2.45, 2.75) is 25.7 Å². The lowest BCUT2D eigenvalue weighted by atomic mass is 10.2. The van der Waals surface area contributed by atoms with Gasteiger partial charge in [0, 0.05) is 23.7 Å². The van der Waals surface area contributed by atoms with Gasteiger partial charge in [0.05, 0.1) is 12.2 Å². The van der Waals surface area contributed by atoms with Gasteiger partial charge in [-0.15, -0.1) is 11.8 Å². The molecule has 5 heteroatoms. The lowest BCUT2D eigenvalue weighted by Gasteiger charge is -2.13. The van der Waals surface area contributed by atoms with Gasteiger partial charge in [-0.1, -0.05) is 26.8 Å². The van der Waals surface area contributed by atoms with E-state index >= 15 is 0 Å². The maximum Gasteiger partial charge on any atom is 0.338 e. The Hall–Kier alpha value is -1.20. The molecule has 0 aliphatic carbocycles. The molecule has 1 aromatic carbocycles. The number of hydrogen-bond donors (Lipinski definition) is 2. The summed E-state index contributed by atoms with van der Waals surface area (Å²) in [5, 5.41) is 12.5. The summed E-state index contributed by atoms with van der Waals surface area (Å²) in [5.74, 6) is 0.460. The zero-order chi connectivity index (χ0) is 15.0. The molecule has 0 unspecified atom stereocenters. The number of carbonyl (C=O) groups is 1. The molecule has 0 amide bonds. The van der Waals surface area contributed by atoms with Crippen LogP contribution < -0.4 is 5.32 Å². The summed E-state index contributed by atoms with van der Waals surface area (Å²) in [6.45, 7) is 8.10. The van der Waals surface area contributed by atoms with Crippen LogP contribution in [0.2, 0.25) is 0 Å². The lowest BCUT2D eigenvalue weighted by molar-refractivity contribution is 0.0694. The van der Waals surface area contributed by atoms with Crippen molar-refractivity contribution in [1.82, 2.24) is 0 Å². The van der Waals surface area contributed by atoms with Crippen molar-refractivity contribution < 1.29 is 14.6 Å². The average Bonchev–Trinajstić information content (AvgIpc) is 2.38. The van der Waals surface area contributed by atoms with Gasteiger partial charge in [0.1, 0.15) is 0 Å². The molecule has 1 rings (SSSR count). The van der Waals surface area contributed by atoms with Gasteiger partial charge in [-0.25, -0.2) is 4.79 Å². The topological polar surface area (TPSA) is 58.6 Å². The van der Waals surface area contributed by atoms with E-state index < -0.39 is 5.97 Å². The number of rotatable bonds is 9. The molecule has 0 aliphatic heterocycles. The highest BCUT2D eigenvalue weighted by molar-refractivity contribution is 7.99. The first-order valence-corrected chi connectivity index (χ1v) is 7.85. The van der Waals surface area contributed by atoms with Gasteiger partial charge >= 0.3 is 5.97 Å². The first-order chi connectivity index (χ1) is 9.56. The molecular weight excluding hydrogens is 274 g/mol. The molecule has 0 saturated carbocycles. The Morgan fingerprint density at radius 2 is 2.20 bits per heavy atom. The normalized spacial score (nSPS) is 10.8. The van der Waals surface area contributed by atoms with Crippen LogP contribution in [-0.4, -0.2) is 36.6 Å². The summed E-state index contributed by atoms with van der Waals surface area (Å²) in [7, 11) is 0. The Labute approximate surface area is 124 Å². The Balaban J connectivity index is 2.64. The molecule has 0 aromatic heterocycles. The summed E-state index contributed by atoms with van der Waals surface area (Å²) in [6.07, 6.45) is 0. The number of benzene rings is 1. The van der Waals surface area contributed by atoms with E-state index in [1.54, 1.807) is 6.07 Å². The zero-order valence-electron chi connectivity index (χ0n) is 12.3. The van der Waals surface area contributed by atoms with E-state index in [1.807, 2.05) is 19.1 Å². The molecule has 112 valence electrons. The van der Waals surface area contributed by atoms with Crippen molar-refractivity contribution >= 4 is 23.4 Å². The predicted molar refractivity (Wildman–Crippen MR) is 83.9 cm³/mol. The number of nitrogens with one attached hydrogen (secondary N) is 1. The minimum absolute atomic E-state index is 0.350. The van der Waals surface area contributed by atoms with Gasteiger partial charge in [-0.05, 0) is 23.8 Å². The summed E-state index contributed by atoms with van der Waals surface area (Å²) < 4.78 is 5.48. The number of aromatic carboxylic acids is 1. The van der Waals surface area contributed by atoms with Crippen LogP contribution in [0.25, 0.3) is 0 Å². The van der Waals surface area contributed by atoms with E-state index in [1.165, 1.54) is 11.8 Å². The molecule has 0 heterocycles. The van der Waals surface area contributed by atoms with Gasteiger partial charge in [0.15, 0.2) is 0 Å². The standard InChI is InChI=1S/C15H23NO3S/c1-4-20-13-7-5-6-12(14(13)15(17)18)16-8-9-19-10-11(2)3/h5-7,11,16H,4,8-10H2,1-3H3,(H,17,18). The molecule has 20 heavy (non-hydrogen) atoms. The van der Waals surface area contributed by atoms with E-state index in [-0.39, 0.29) is 0 Å². The van der Waals surface area contributed by atoms with E-state index in [0.717, 1.165) is 17.3 Å². The largest absolute Gasteiger partial charge is 0.478 e.